The first-order chi connectivity index (χ1) is 8.75. The quantitative estimate of drug-likeness (QED) is 0.629. The molecule has 102 valence electrons. The molecule has 1 aromatic carbocycles. The van der Waals surface area contributed by atoms with Crippen molar-refractivity contribution in [2.24, 2.45) is 5.92 Å². The van der Waals surface area contributed by atoms with Gasteiger partial charge in [0.2, 0.25) is 0 Å². The standard InChI is InChI=1S/C17H29N/c1-4-5-6-10-13-18-14-17(15(2)3)16-11-8-7-9-12-16/h7-9,11-12,15,17-18H,4-6,10,13-14H2,1-3H3. The van der Waals surface area contributed by atoms with Gasteiger partial charge in [-0.25, -0.2) is 0 Å². The Bertz CT molecular complexity index is 292. The van der Waals surface area contributed by atoms with Gasteiger partial charge < -0.3 is 5.32 Å². The summed E-state index contributed by atoms with van der Waals surface area (Å²) in [6, 6.07) is 10.9. The van der Waals surface area contributed by atoms with E-state index in [-0.39, 0.29) is 0 Å². The van der Waals surface area contributed by atoms with Crippen molar-refractivity contribution in [3.05, 3.63) is 35.9 Å². The highest BCUT2D eigenvalue weighted by Gasteiger charge is 2.14. The SMILES string of the molecule is CCCCCCNCC(c1ccccc1)C(C)C. The van der Waals surface area contributed by atoms with E-state index in [0.29, 0.717) is 11.8 Å². The van der Waals surface area contributed by atoms with Crippen LogP contribution in [0.2, 0.25) is 0 Å². The molecule has 1 heteroatoms. The highest BCUT2D eigenvalue weighted by atomic mass is 14.9. The van der Waals surface area contributed by atoms with Gasteiger partial charge in [0.1, 0.15) is 0 Å². The van der Waals surface area contributed by atoms with Crippen LogP contribution in [0.4, 0.5) is 0 Å². The van der Waals surface area contributed by atoms with Gasteiger partial charge in [-0.05, 0) is 30.4 Å². The van der Waals surface area contributed by atoms with Crippen LogP contribution < -0.4 is 5.32 Å². The fourth-order valence-corrected chi connectivity index (χ4v) is 2.37. The van der Waals surface area contributed by atoms with E-state index >= 15 is 0 Å². The van der Waals surface area contributed by atoms with Crippen molar-refractivity contribution in [3.8, 4) is 0 Å². The number of unbranched alkanes of at least 4 members (excludes halogenated alkanes) is 3. The Labute approximate surface area is 113 Å². The van der Waals surface area contributed by atoms with Gasteiger partial charge in [0.05, 0.1) is 0 Å². The summed E-state index contributed by atoms with van der Waals surface area (Å²) in [5, 5.41) is 3.62. The lowest BCUT2D eigenvalue weighted by Crippen LogP contribution is -2.25. The summed E-state index contributed by atoms with van der Waals surface area (Å²) in [6.07, 6.45) is 5.36. The second kappa shape index (κ2) is 9.16. The Balaban J connectivity index is 2.31. The van der Waals surface area contributed by atoms with E-state index in [4.69, 9.17) is 0 Å². The monoisotopic (exact) mass is 247 g/mol. The first-order valence-electron chi connectivity index (χ1n) is 7.51. The van der Waals surface area contributed by atoms with Crippen molar-refractivity contribution in [1.82, 2.24) is 5.32 Å². The summed E-state index contributed by atoms with van der Waals surface area (Å²) >= 11 is 0. The molecule has 0 saturated heterocycles. The van der Waals surface area contributed by atoms with E-state index in [1.54, 1.807) is 0 Å². The van der Waals surface area contributed by atoms with E-state index in [0.717, 1.165) is 13.1 Å². The Kier molecular flexibility index (Phi) is 7.75. The van der Waals surface area contributed by atoms with E-state index < -0.39 is 0 Å². The zero-order chi connectivity index (χ0) is 13.2. The molecular weight excluding hydrogens is 218 g/mol. The first kappa shape index (κ1) is 15.2. The Hall–Kier alpha value is -0.820. The number of benzene rings is 1. The summed E-state index contributed by atoms with van der Waals surface area (Å²) in [7, 11) is 0. The fourth-order valence-electron chi connectivity index (χ4n) is 2.37. The summed E-state index contributed by atoms with van der Waals surface area (Å²) in [5.41, 5.74) is 1.47. The lowest BCUT2D eigenvalue weighted by molar-refractivity contribution is 0.456. The number of hydrogen-bond donors (Lipinski definition) is 1. The Morgan fingerprint density at radius 2 is 1.72 bits per heavy atom. The van der Waals surface area contributed by atoms with Gasteiger partial charge in [0.15, 0.2) is 0 Å². The molecule has 0 amide bonds. The van der Waals surface area contributed by atoms with Crippen molar-refractivity contribution >= 4 is 0 Å². The van der Waals surface area contributed by atoms with E-state index in [1.165, 1.54) is 31.2 Å². The second-order valence-electron chi connectivity index (χ2n) is 5.53. The van der Waals surface area contributed by atoms with Gasteiger partial charge in [0, 0.05) is 6.54 Å². The molecule has 0 heterocycles. The zero-order valence-corrected chi connectivity index (χ0v) is 12.3. The minimum Gasteiger partial charge on any atom is -0.316 e. The van der Waals surface area contributed by atoms with Crippen molar-refractivity contribution < 1.29 is 0 Å². The van der Waals surface area contributed by atoms with Crippen LogP contribution in [-0.4, -0.2) is 13.1 Å². The van der Waals surface area contributed by atoms with Crippen molar-refractivity contribution in [3.63, 3.8) is 0 Å². The number of rotatable bonds is 9. The van der Waals surface area contributed by atoms with Gasteiger partial charge in [-0.2, -0.15) is 0 Å². The Morgan fingerprint density at radius 3 is 2.33 bits per heavy atom. The third kappa shape index (κ3) is 5.68. The minimum atomic E-state index is 0.636. The topological polar surface area (TPSA) is 12.0 Å². The van der Waals surface area contributed by atoms with Crippen LogP contribution in [0.3, 0.4) is 0 Å². The molecule has 1 N–H and O–H groups in total. The smallest absolute Gasteiger partial charge is 0.00226 e. The van der Waals surface area contributed by atoms with Crippen LogP contribution in [0, 0.1) is 5.92 Å². The van der Waals surface area contributed by atoms with Gasteiger partial charge in [-0.3, -0.25) is 0 Å². The molecule has 1 unspecified atom stereocenters. The predicted octanol–water partition coefficient (Wildman–Crippen LogP) is 4.60. The molecule has 0 bridgehead atoms. The summed E-state index contributed by atoms with van der Waals surface area (Å²) in [4.78, 5) is 0. The molecule has 0 fully saturated rings. The minimum absolute atomic E-state index is 0.636. The third-order valence-corrected chi connectivity index (χ3v) is 3.60. The lowest BCUT2D eigenvalue weighted by atomic mass is 9.88. The second-order valence-corrected chi connectivity index (χ2v) is 5.53. The van der Waals surface area contributed by atoms with Crippen molar-refractivity contribution in [2.75, 3.05) is 13.1 Å². The number of nitrogens with one attached hydrogen (secondary N) is 1. The highest BCUT2D eigenvalue weighted by molar-refractivity contribution is 5.20. The largest absolute Gasteiger partial charge is 0.316 e. The zero-order valence-electron chi connectivity index (χ0n) is 12.3. The molecule has 1 rings (SSSR count). The molecule has 0 aliphatic carbocycles. The molecular formula is C17H29N. The van der Waals surface area contributed by atoms with Gasteiger partial charge in [-0.15, -0.1) is 0 Å². The summed E-state index contributed by atoms with van der Waals surface area (Å²) < 4.78 is 0. The molecule has 0 aliphatic rings. The highest BCUT2D eigenvalue weighted by Crippen LogP contribution is 2.23. The first-order valence-corrected chi connectivity index (χ1v) is 7.51. The molecule has 0 aromatic heterocycles. The van der Waals surface area contributed by atoms with Gasteiger partial charge in [-0.1, -0.05) is 70.4 Å². The van der Waals surface area contributed by atoms with Crippen LogP contribution in [0.25, 0.3) is 0 Å². The molecule has 1 atom stereocenters. The van der Waals surface area contributed by atoms with Gasteiger partial charge >= 0.3 is 0 Å². The van der Waals surface area contributed by atoms with Crippen molar-refractivity contribution in [1.29, 1.82) is 0 Å². The molecule has 1 nitrogen and oxygen atoms in total. The molecule has 0 aliphatic heterocycles. The van der Waals surface area contributed by atoms with Crippen LogP contribution >= 0.6 is 0 Å². The molecule has 18 heavy (non-hydrogen) atoms. The maximum Gasteiger partial charge on any atom is 0.00226 e. The van der Waals surface area contributed by atoms with E-state index in [9.17, 15) is 0 Å². The third-order valence-electron chi connectivity index (χ3n) is 3.60. The summed E-state index contributed by atoms with van der Waals surface area (Å²) in [5.74, 6) is 1.33. The maximum absolute atomic E-state index is 3.62. The van der Waals surface area contributed by atoms with Crippen molar-refractivity contribution in [2.45, 2.75) is 52.4 Å². The van der Waals surface area contributed by atoms with Crippen LogP contribution in [0.1, 0.15) is 57.9 Å². The number of hydrogen-bond acceptors (Lipinski definition) is 1. The molecule has 0 spiro atoms. The predicted molar refractivity (Wildman–Crippen MR) is 81.0 cm³/mol. The van der Waals surface area contributed by atoms with Gasteiger partial charge in [0.25, 0.3) is 0 Å². The van der Waals surface area contributed by atoms with Crippen LogP contribution in [0.5, 0.6) is 0 Å². The van der Waals surface area contributed by atoms with Crippen LogP contribution in [0.15, 0.2) is 30.3 Å². The average molecular weight is 247 g/mol. The van der Waals surface area contributed by atoms with E-state index in [2.05, 4.69) is 56.4 Å². The van der Waals surface area contributed by atoms with E-state index in [1.807, 2.05) is 0 Å². The maximum atomic E-state index is 3.62. The Morgan fingerprint density at radius 1 is 1.00 bits per heavy atom. The van der Waals surface area contributed by atoms with Crippen LogP contribution in [-0.2, 0) is 0 Å². The normalized spacial score (nSPS) is 12.9. The molecule has 1 aromatic rings. The fraction of sp³-hybridized carbons (Fsp3) is 0.647. The molecule has 0 radical (unpaired) electrons. The average Bonchev–Trinajstić information content (AvgIpc) is 2.38. The molecule has 0 saturated carbocycles. The summed E-state index contributed by atoms with van der Waals surface area (Å²) in [6.45, 7) is 9.16. The lowest BCUT2D eigenvalue weighted by Gasteiger charge is -2.22.